The number of nitrogens with one attached hydrogen (secondary N) is 1. The Morgan fingerprint density at radius 2 is 2.14 bits per heavy atom. The van der Waals surface area contributed by atoms with Gasteiger partial charge in [0.25, 0.3) is 0 Å². The molecule has 1 aromatic rings. The highest BCUT2D eigenvalue weighted by atomic mass is 16.5. The quantitative estimate of drug-likeness (QED) is 0.833. The highest BCUT2D eigenvalue weighted by molar-refractivity contribution is 5.85. The van der Waals surface area contributed by atoms with Crippen LogP contribution in [0, 0.1) is 5.41 Å². The van der Waals surface area contributed by atoms with Crippen molar-refractivity contribution in [2.75, 3.05) is 7.11 Å². The fourth-order valence-corrected chi connectivity index (χ4v) is 2.82. The van der Waals surface area contributed by atoms with Crippen LogP contribution in [-0.4, -0.2) is 29.1 Å². The van der Waals surface area contributed by atoms with Crippen LogP contribution in [0.1, 0.15) is 37.7 Å². The molecule has 0 atom stereocenters. The summed E-state index contributed by atoms with van der Waals surface area (Å²) in [6, 6.07) is 3.58. The van der Waals surface area contributed by atoms with Crippen LogP contribution < -0.4 is 10.1 Å². The Morgan fingerprint density at radius 1 is 1.43 bits per heavy atom. The molecule has 6 heteroatoms. The van der Waals surface area contributed by atoms with Gasteiger partial charge in [-0.25, -0.2) is 4.98 Å². The van der Waals surface area contributed by atoms with Crippen molar-refractivity contribution in [1.29, 1.82) is 0 Å². The number of hydrogen-bond donors (Lipinski definition) is 2. The highest BCUT2D eigenvalue weighted by Gasteiger charge is 2.42. The molecule has 21 heavy (non-hydrogen) atoms. The molecular weight excluding hydrogens is 272 g/mol. The molecule has 114 valence electrons. The monoisotopic (exact) mass is 292 g/mol. The molecule has 0 radical (unpaired) electrons. The van der Waals surface area contributed by atoms with Gasteiger partial charge in [0, 0.05) is 24.7 Å². The zero-order valence-corrected chi connectivity index (χ0v) is 12.1. The second kappa shape index (κ2) is 6.56. The van der Waals surface area contributed by atoms with E-state index < -0.39 is 11.4 Å². The summed E-state index contributed by atoms with van der Waals surface area (Å²) in [7, 11) is 1.52. The van der Waals surface area contributed by atoms with E-state index in [-0.39, 0.29) is 18.9 Å². The van der Waals surface area contributed by atoms with E-state index in [0.717, 1.165) is 18.4 Å². The van der Waals surface area contributed by atoms with Gasteiger partial charge in [-0.2, -0.15) is 0 Å². The van der Waals surface area contributed by atoms with Crippen molar-refractivity contribution in [2.45, 2.75) is 38.6 Å². The van der Waals surface area contributed by atoms with Gasteiger partial charge in [-0.3, -0.25) is 9.59 Å². The molecule has 2 rings (SSSR count). The number of ether oxygens (including phenoxy) is 1. The van der Waals surface area contributed by atoms with Crippen LogP contribution in [0.15, 0.2) is 18.3 Å². The fourth-order valence-electron chi connectivity index (χ4n) is 2.82. The molecular formula is C15H20N2O4. The molecule has 0 bridgehead atoms. The predicted molar refractivity (Wildman–Crippen MR) is 75.8 cm³/mol. The summed E-state index contributed by atoms with van der Waals surface area (Å²) in [6.45, 7) is 0.283. The van der Waals surface area contributed by atoms with Crippen LogP contribution in [0.25, 0.3) is 0 Å². The Hall–Kier alpha value is -2.11. The van der Waals surface area contributed by atoms with E-state index in [1.54, 1.807) is 12.3 Å². The van der Waals surface area contributed by atoms with Gasteiger partial charge in [-0.1, -0.05) is 18.9 Å². The Labute approximate surface area is 123 Å². The first kappa shape index (κ1) is 15.3. The summed E-state index contributed by atoms with van der Waals surface area (Å²) >= 11 is 0. The molecule has 0 saturated heterocycles. The molecule has 6 nitrogen and oxygen atoms in total. The number of amides is 1. The molecule has 1 aliphatic rings. The van der Waals surface area contributed by atoms with Crippen LogP contribution in [0.2, 0.25) is 0 Å². The van der Waals surface area contributed by atoms with E-state index in [2.05, 4.69) is 10.3 Å². The first-order chi connectivity index (χ1) is 10.1. The number of carboxylic acid groups (broad SMARTS) is 1. The lowest BCUT2D eigenvalue weighted by atomic mass is 9.82. The molecule has 1 heterocycles. The molecule has 0 unspecified atom stereocenters. The summed E-state index contributed by atoms with van der Waals surface area (Å²) in [6.07, 6.45) is 4.54. The minimum absolute atomic E-state index is 0.0326. The second-order valence-electron chi connectivity index (χ2n) is 5.42. The van der Waals surface area contributed by atoms with Crippen molar-refractivity contribution in [3.63, 3.8) is 0 Å². The lowest BCUT2D eigenvalue weighted by Crippen LogP contribution is -2.35. The van der Waals surface area contributed by atoms with Gasteiger partial charge >= 0.3 is 5.97 Å². The first-order valence-electron chi connectivity index (χ1n) is 7.05. The maximum absolute atomic E-state index is 12.0. The summed E-state index contributed by atoms with van der Waals surface area (Å²) in [5, 5.41) is 12.1. The number of carbonyl (C=O) groups excluding carboxylic acids is 1. The normalized spacial score (nSPS) is 16.4. The van der Waals surface area contributed by atoms with Crippen molar-refractivity contribution in [1.82, 2.24) is 10.3 Å². The molecule has 1 amide bonds. The van der Waals surface area contributed by atoms with E-state index in [1.807, 2.05) is 6.07 Å². The van der Waals surface area contributed by atoms with Crippen LogP contribution >= 0.6 is 0 Å². The lowest BCUT2D eigenvalue weighted by molar-refractivity contribution is -0.151. The van der Waals surface area contributed by atoms with Crippen molar-refractivity contribution in [2.24, 2.45) is 5.41 Å². The number of hydrogen-bond acceptors (Lipinski definition) is 4. The van der Waals surface area contributed by atoms with Crippen LogP contribution in [0.4, 0.5) is 0 Å². The smallest absolute Gasteiger partial charge is 0.310 e. The molecule has 1 fully saturated rings. The summed E-state index contributed by atoms with van der Waals surface area (Å²) in [4.78, 5) is 27.5. The predicted octanol–water partition coefficient (Wildman–Crippen LogP) is 1.74. The average Bonchev–Trinajstić information content (AvgIpc) is 2.95. The van der Waals surface area contributed by atoms with E-state index in [9.17, 15) is 14.7 Å². The number of nitrogens with zero attached hydrogens (tertiary/aromatic N) is 1. The van der Waals surface area contributed by atoms with Crippen molar-refractivity contribution < 1.29 is 19.4 Å². The van der Waals surface area contributed by atoms with Crippen LogP contribution in [-0.2, 0) is 16.1 Å². The topological polar surface area (TPSA) is 88.5 Å². The zero-order chi connectivity index (χ0) is 15.3. The molecule has 0 spiro atoms. The van der Waals surface area contributed by atoms with Crippen molar-refractivity contribution in [3.05, 3.63) is 23.9 Å². The Balaban J connectivity index is 1.94. The molecule has 1 aliphatic carbocycles. The molecule has 0 aromatic carbocycles. The summed E-state index contributed by atoms with van der Waals surface area (Å²) < 4.78 is 5.11. The number of aliphatic carboxylic acids is 1. The van der Waals surface area contributed by atoms with Gasteiger partial charge in [0.05, 0.1) is 12.5 Å². The number of carboxylic acids is 1. The number of pyridine rings is 1. The van der Waals surface area contributed by atoms with Gasteiger partial charge in [0.15, 0.2) is 0 Å². The first-order valence-corrected chi connectivity index (χ1v) is 7.05. The number of aromatic nitrogens is 1. The van der Waals surface area contributed by atoms with E-state index >= 15 is 0 Å². The summed E-state index contributed by atoms with van der Waals surface area (Å²) in [5.41, 5.74) is -0.118. The van der Waals surface area contributed by atoms with Gasteiger partial charge in [0.2, 0.25) is 11.8 Å². The Bertz CT molecular complexity index is 524. The third-order valence-corrected chi connectivity index (χ3v) is 4.03. The number of carbonyl (C=O) groups is 2. The Kier molecular flexibility index (Phi) is 4.77. The van der Waals surface area contributed by atoms with Crippen LogP contribution in [0.3, 0.4) is 0 Å². The van der Waals surface area contributed by atoms with Gasteiger partial charge in [-0.15, -0.1) is 0 Å². The molecule has 1 aromatic heterocycles. The number of rotatable bonds is 6. The van der Waals surface area contributed by atoms with E-state index in [1.165, 1.54) is 7.11 Å². The third kappa shape index (κ3) is 3.51. The minimum atomic E-state index is -0.886. The van der Waals surface area contributed by atoms with Crippen LogP contribution in [0.5, 0.6) is 5.88 Å². The van der Waals surface area contributed by atoms with Gasteiger partial charge in [0.1, 0.15) is 0 Å². The van der Waals surface area contributed by atoms with E-state index in [4.69, 9.17) is 4.74 Å². The zero-order valence-electron chi connectivity index (χ0n) is 12.1. The van der Waals surface area contributed by atoms with Gasteiger partial charge < -0.3 is 15.2 Å². The largest absolute Gasteiger partial charge is 0.481 e. The standard InChI is InChI=1S/C15H20N2O4/c1-21-13-11(5-4-8-16-13)10-17-12(18)9-15(14(19)20)6-2-3-7-15/h4-5,8H,2-3,6-7,9-10H2,1H3,(H,17,18)(H,19,20). The maximum atomic E-state index is 12.0. The SMILES string of the molecule is COc1ncccc1CNC(=O)CC1(C(=O)O)CCCC1. The lowest BCUT2D eigenvalue weighted by Gasteiger charge is -2.22. The maximum Gasteiger partial charge on any atom is 0.310 e. The van der Waals surface area contributed by atoms with E-state index in [0.29, 0.717) is 18.7 Å². The molecule has 0 aliphatic heterocycles. The second-order valence-corrected chi connectivity index (χ2v) is 5.42. The fraction of sp³-hybridized carbons (Fsp3) is 0.533. The van der Waals surface area contributed by atoms with Crippen molar-refractivity contribution in [3.8, 4) is 5.88 Å². The number of methoxy groups -OCH3 is 1. The van der Waals surface area contributed by atoms with Crippen molar-refractivity contribution >= 4 is 11.9 Å². The Morgan fingerprint density at radius 3 is 2.76 bits per heavy atom. The third-order valence-electron chi connectivity index (χ3n) is 4.03. The molecule has 1 saturated carbocycles. The highest BCUT2D eigenvalue weighted by Crippen LogP contribution is 2.41. The molecule has 2 N–H and O–H groups in total. The summed E-state index contributed by atoms with van der Waals surface area (Å²) in [5.74, 6) is -0.647. The average molecular weight is 292 g/mol. The van der Waals surface area contributed by atoms with Gasteiger partial charge in [-0.05, 0) is 18.9 Å². The minimum Gasteiger partial charge on any atom is -0.481 e.